The lowest BCUT2D eigenvalue weighted by atomic mass is 9.98. The number of hydrogen-bond donors (Lipinski definition) is 1. The Morgan fingerprint density at radius 2 is 2.11 bits per heavy atom. The van der Waals surface area contributed by atoms with Gasteiger partial charge >= 0.3 is 0 Å². The molecule has 1 saturated heterocycles. The van der Waals surface area contributed by atoms with Crippen LogP contribution in [0.3, 0.4) is 0 Å². The molecule has 18 heavy (non-hydrogen) atoms. The average Bonchev–Trinajstić information content (AvgIpc) is 2.27. The van der Waals surface area contributed by atoms with Gasteiger partial charge in [-0.3, -0.25) is 4.79 Å². The molecule has 2 N–H and O–H groups in total. The van der Waals surface area contributed by atoms with E-state index in [-0.39, 0.29) is 24.1 Å². The number of carbonyl (C=O) groups is 1. The zero-order valence-corrected chi connectivity index (χ0v) is 12.2. The van der Waals surface area contributed by atoms with Crippen LogP contribution in [0.1, 0.15) is 47.0 Å². The fraction of sp³-hybridized carbons (Fsp3) is 0.929. The first kappa shape index (κ1) is 15.4. The van der Waals surface area contributed by atoms with Crippen LogP contribution in [0, 0.1) is 5.92 Å². The Balaban J connectivity index is 2.38. The summed E-state index contributed by atoms with van der Waals surface area (Å²) in [5, 5.41) is 0. The van der Waals surface area contributed by atoms with E-state index in [2.05, 4.69) is 20.8 Å². The van der Waals surface area contributed by atoms with Gasteiger partial charge in [-0.1, -0.05) is 13.8 Å². The first-order valence-electron chi connectivity index (χ1n) is 7.09. The first-order valence-corrected chi connectivity index (χ1v) is 7.09. The molecule has 0 unspecified atom stereocenters. The summed E-state index contributed by atoms with van der Waals surface area (Å²) in [6.45, 7) is 9.65. The summed E-state index contributed by atoms with van der Waals surface area (Å²) in [7, 11) is 0. The third kappa shape index (κ3) is 4.58. The van der Waals surface area contributed by atoms with Crippen LogP contribution in [0.2, 0.25) is 0 Å². The zero-order chi connectivity index (χ0) is 13.7. The number of likely N-dealkylation sites (tertiary alicyclic amines) is 1. The third-order valence-corrected chi connectivity index (χ3v) is 3.61. The van der Waals surface area contributed by atoms with Gasteiger partial charge in [-0.25, -0.2) is 0 Å². The maximum absolute atomic E-state index is 12.3. The van der Waals surface area contributed by atoms with E-state index in [1.54, 1.807) is 0 Å². The lowest BCUT2D eigenvalue weighted by Crippen LogP contribution is -2.51. The minimum Gasteiger partial charge on any atom is -0.369 e. The van der Waals surface area contributed by atoms with Crippen LogP contribution in [0.4, 0.5) is 0 Å². The summed E-state index contributed by atoms with van der Waals surface area (Å²) < 4.78 is 5.62. The molecule has 1 rings (SSSR count). The van der Waals surface area contributed by atoms with E-state index in [4.69, 9.17) is 10.5 Å². The van der Waals surface area contributed by atoms with Crippen molar-refractivity contribution in [2.24, 2.45) is 11.7 Å². The molecule has 1 heterocycles. The summed E-state index contributed by atoms with van der Waals surface area (Å²) in [5.74, 6) is 0.720. The van der Waals surface area contributed by atoms with Gasteiger partial charge in [0.05, 0.1) is 0 Å². The number of nitrogens with zero attached hydrogens (tertiary/aromatic N) is 1. The molecule has 106 valence electrons. The second-order valence-electron chi connectivity index (χ2n) is 5.86. The van der Waals surface area contributed by atoms with E-state index in [0.29, 0.717) is 12.5 Å². The minimum absolute atomic E-state index is 0.109. The number of ether oxygens (including phenoxy) is 1. The van der Waals surface area contributed by atoms with Crippen molar-refractivity contribution in [2.45, 2.75) is 65.1 Å². The van der Waals surface area contributed by atoms with Gasteiger partial charge in [-0.2, -0.15) is 0 Å². The topological polar surface area (TPSA) is 55.6 Å². The Labute approximate surface area is 111 Å². The molecule has 0 bridgehead atoms. The molecule has 4 nitrogen and oxygen atoms in total. The number of amides is 1. The molecular weight excluding hydrogens is 228 g/mol. The molecule has 0 spiro atoms. The van der Waals surface area contributed by atoms with Gasteiger partial charge < -0.3 is 15.4 Å². The molecule has 0 aromatic heterocycles. The molecule has 0 aromatic rings. The van der Waals surface area contributed by atoms with Crippen LogP contribution >= 0.6 is 0 Å². The average molecular weight is 256 g/mol. The standard InChI is InChI=1S/C14H28N2O2/c1-10(2)6-8-18-12(4)14(17)16-7-5-13(15)9-11(16)3/h10-13H,5-9,15H2,1-4H3/t11-,12-,13-/m1/s1. The number of hydrogen-bond acceptors (Lipinski definition) is 3. The number of nitrogens with two attached hydrogens (primary N) is 1. The number of piperidine rings is 1. The first-order chi connectivity index (χ1) is 8.41. The molecule has 3 atom stereocenters. The highest BCUT2D eigenvalue weighted by atomic mass is 16.5. The van der Waals surface area contributed by atoms with Crippen molar-refractivity contribution in [2.75, 3.05) is 13.2 Å². The molecule has 0 radical (unpaired) electrons. The predicted octanol–water partition coefficient (Wildman–Crippen LogP) is 1.78. The molecule has 1 fully saturated rings. The largest absolute Gasteiger partial charge is 0.369 e. The highest BCUT2D eigenvalue weighted by molar-refractivity contribution is 5.80. The summed E-state index contributed by atoms with van der Waals surface area (Å²) in [4.78, 5) is 14.2. The summed E-state index contributed by atoms with van der Waals surface area (Å²) in [6, 6.07) is 0.471. The summed E-state index contributed by atoms with van der Waals surface area (Å²) >= 11 is 0. The monoisotopic (exact) mass is 256 g/mol. The van der Waals surface area contributed by atoms with Crippen LogP contribution in [-0.4, -0.2) is 42.1 Å². The van der Waals surface area contributed by atoms with Crippen LogP contribution in [0.5, 0.6) is 0 Å². The van der Waals surface area contributed by atoms with E-state index in [0.717, 1.165) is 25.8 Å². The van der Waals surface area contributed by atoms with E-state index in [1.807, 2.05) is 11.8 Å². The zero-order valence-electron chi connectivity index (χ0n) is 12.2. The van der Waals surface area contributed by atoms with Crippen molar-refractivity contribution in [3.8, 4) is 0 Å². The maximum atomic E-state index is 12.3. The smallest absolute Gasteiger partial charge is 0.251 e. The molecule has 0 aromatic carbocycles. The van der Waals surface area contributed by atoms with Gasteiger partial charge in [0.2, 0.25) is 0 Å². The molecule has 4 heteroatoms. The van der Waals surface area contributed by atoms with Gasteiger partial charge in [-0.15, -0.1) is 0 Å². The molecule has 0 saturated carbocycles. The SMILES string of the molecule is CC(C)CCO[C@H](C)C(=O)N1CC[C@@H](N)C[C@H]1C. The summed E-state index contributed by atoms with van der Waals surface area (Å²) in [5.41, 5.74) is 5.91. The molecule has 0 aliphatic carbocycles. The Bertz CT molecular complexity index is 269. The Hall–Kier alpha value is -0.610. The third-order valence-electron chi connectivity index (χ3n) is 3.61. The van der Waals surface area contributed by atoms with Crippen LogP contribution in [-0.2, 0) is 9.53 Å². The van der Waals surface area contributed by atoms with E-state index < -0.39 is 0 Å². The number of rotatable bonds is 5. The Morgan fingerprint density at radius 3 is 2.67 bits per heavy atom. The minimum atomic E-state index is -0.333. The van der Waals surface area contributed by atoms with Gasteiger partial charge in [-0.05, 0) is 39.0 Å². The fourth-order valence-corrected chi connectivity index (χ4v) is 2.32. The van der Waals surface area contributed by atoms with Crippen molar-refractivity contribution in [1.82, 2.24) is 4.90 Å². The van der Waals surface area contributed by atoms with Crippen LogP contribution in [0.15, 0.2) is 0 Å². The second kappa shape index (κ2) is 7.10. The van der Waals surface area contributed by atoms with Crippen molar-refractivity contribution in [3.63, 3.8) is 0 Å². The molecular formula is C14H28N2O2. The van der Waals surface area contributed by atoms with E-state index in [9.17, 15) is 4.79 Å². The maximum Gasteiger partial charge on any atom is 0.251 e. The lowest BCUT2D eigenvalue weighted by Gasteiger charge is -2.37. The fourth-order valence-electron chi connectivity index (χ4n) is 2.32. The predicted molar refractivity (Wildman–Crippen MR) is 73.3 cm³/mol. The van der Waals surface area contributed by atoms with Crippen LogP contribution < -0.4 is 5.73 Å². The van der Waals surface area contributed by atoms with Crippen molar-refractivity contribution in [1.29, 1.82) is 0 Å². The van der Waals surface area contributed by atoms with Crippen molar-refractivity contribution < 1.29 is 9.53 Å². The van der Waals surface area contributed by atoms with Crippen LogP contribution in [0.25, 0.3) is 0 Å². The Kier molecular flexibility index (Phi) is 6.09. The van der Waals surface area contributed by atoms with E-state index in [1.165, 1.54) is 0 Å². The van der Waals surface area contributed by atoms with Gasteiger partial charge in [0, 0.05) is 25.2 Å². The molecule has 1 aliphatic heterocycles. The highest BCUT2D eigenvalue weighted by Gasteiger charge is 2.29. The van der Waals surface area contributed by atoms with Gasteiger partial charge in [0.1, 0.15) is 6.10 Å². The van der Waals surface area contributed by atoms with Gasteiger partial charge in [0.15, 0.2) is 0 Å². The summed E-state index contributed by atoms with van der Waals surface area (Å²) in [6.07, 6.45) is 2.46. The van der Waals surface area contributed by atoms with Gasteiger partial charge in [0.25, 0.3) is 5.91 Å². The quantitative estimate of drug-likeness (QED) is 0.815. The lowest BCUT2D eigenvalue weighted by molar-refractivity contribution is -0.146. The van der Waals surface area contributed by atoms with E-state index >= 15 is 0 Å². The molecule has 1 amide bonds. The molecule has 1 aliphatic rings. The normalized spacial score (nSPS) is 26.4. The number of carbonyl (C=O) groups excluding carboxylic acids is 1. The van der Waals surface area contributed by atoms with Crippen molar-refractivity contribution in [3.05, 3.63) is 0 Å². The highest BCUT2D eigenvalue weighted by Crippen LogP contribution is 2.17. The second-order valence-corrected chi connectivity index (χ2v) is 5.86. The Morgan fingerprint density at radius 1 is 1.44 bits per heavy atom. The van der Waals surface area contributed by atoms with Crippen molar-refractivity contribution >= 4 is 5.91 Å².